The van der Waals surface area contributed by atoms with Crippen molar-refractivity contribution in [2.24, 2.45) is 0 Å². The fourth-order valence-electron chi connectivity index (χ4n) is 3.56. The van der Waals surface area contributed by atoms with E-state index in [0.29, 0.717) is 21.7 Å². The lowest BCUT2D eigenvalue weighted by Crippen LogP contribution is -2.29. The summed E-state index contributed by atoms with van der Waals surface area (Å²) in [4.78, 5) is 30.5. The SMILES string of the molecule is Cc1ccc(C(C)NC(=O)CSc2nc3ccccc3c(=O)n2-c2ccc(F)cc2)cc1C. The molecule has 0 bridgehead atoms. The molecule has 4 aromatic rings. The van der Waals surface area contributed by atoms with Gasteiger partial charge < -0.3 is 5.32 Å². The van der Waals surface area contributed by atoms with Crippen molar-refractivity contribution in [3.8, 4) is 5.69 Å². The Kier molecular flexibility index (Phi) is 6.60. The van der Waals surface area contributed by atoms with Crippen molar-refractivity contribution in [2.75, 3.05) is 5.75 Å². The molecular formula is C26H24FN3O2S. The summed E-state index contributed by atoms with van der Waals surface area (Å²) in [6.45, 7) is 6.04. The Labute approximate surface area is 195 Å². The first-order valence-electron chi connectivity index (χ1n) is 10.6. The highest BCUT2D eigenvalue weighted by Gasteiger charge is 2.16. The van der Waals surface area contributed by atoms with Gasteiger partial charge >= 0.3 is 0 Å². The molecule has 0 aliphatic heterocycles. The van der Waals surface area contributed by atoms with E-state index < -0.39 is 5.82 Å². The molecule has 1 amide bonds. The summed E-state index contributed by atoms with van der Waals surface area (Å²) >= 11 is 1.17. The molecule has 7 heteroatoms. The highest BCUT2D eigenvalue weighted by molar-refractivity contribution is 7.99. The number of nitrogens with one attached hydrogen (secondary N) is 1. The van der Waals surface area contributed by atoms with Crippen LogP contribution in [0.4, 0.5) is 4.39 Å². The molecule has 1 N–H and O–H groups in total. The molecule has 5 nitrogen and oxygen atoms in total. The van der Waals surface area contributed by atoms with Crippen LogP contribution in [-0.2, 0) is 4.79 Å². The molecule has 0 saturated carbocycles. The van der Waals surface area contributed by atoms with E-state index >= 15 is 0 Å². The minimum Gasteiger partial charge on any atom is -0.349 e. The third kappa shape index (κ3) is 4.98. The van der Waals surface area contributed by atoms with Crippen LogP contribution < -0.4 is 10.9 Å². The molecule has 4 rings (SSSR count). The molecule has 0 fully saturated rings. The van der Waals surface area contributed by atoms with Gasteiger partial charge in [-0.25, -0.2) is 9.37 Å². The van der Waals surface area contributed by atoms with Gasteiger partial charge in [-0.15, -0.1) is 0 Å². The topological polar surface area (TPSA) is 64.0 Å². The lowest BCUT2D eigenvalue weighted by Gasteiger charge is -2.16. The lowest BCUT2D eigenvalue weighted by molar-refractivity contribution is -0.119. The number of carbonyl (C=O) groups excluding carboxylic acids is 1. The molecular weight excluding hydrogens is 437 g/mol. The lowest BCUT2D eigenvalue weighted by atomic mass is 10.0. The van der Waals surface area contributed by atoms with E-state index in [9.17, 15) is 14.0 Å². The minimum atomic E-state index is -0.394. The smallest absolute Gasteiger partial charge is 0.266 e. The molecule has 1 aromatic heterocycles. The molecule has 33 heavy (non-hydrogen) atoms. The van der Waals surface area contributed by atoms with Gasteiger partial charge in [-0.05, 0) is 73.9 Å². The molecule has 0 spiro atoms. The van der Waals surface area contributed by atoms with Gasteiger partial charge in [-0.2, -0.15) is 0 Å². The highest BCUT2D eigenvalue weighted by Crippen LogP contribution is 2.22. The molecule has 0 aliphatic rings. The number of aromatic nitrogens is 2. The van der Waals surface area contributed by atoms with E-state index in [0.717, 1.165) is 5.56 Å². The van der Waals surface area contributed by atoms with Crippen LogP contribution in [0.5, 0.6) is 0 Å². The summed E-state index contributed by atoms with van der Waals surface area (Å²) in [5, 5.41) is 3.84. The largest absolute Gasteiger partial charge is 0.349 e. The van der Waals surface area contributed by atoms with Gasteiger partial charge in [0.25, 0.3) is 5.56 Å². The molecule has 0 radical (unpaired) electrons. The van der Waals surface area contributed by atoms with E-state index in [4.69, 9.17) is 0 Å². The van der Waals surface area contributed by atoms with Crippen molar-refractivity contribution in [3.05, 3.63) is 99.6 Å². The number of hydrogen-bond acceptors (Lipinski definition) is 4. The monoisotopic (exact) mass is 461 g/mol. The van der Waals surface area contributed by atoms with E-state index in [2.05, 4.69) is 23.3 Å². The maximum atomic E-state index is 13.5. The molecule has 1 unspecified atom stereocenters. The Morgan fingerprint density at radius 2 is 1.79 bits per heavy atom. The summed E-state index contributed by atoms with van der Waals surface area (Å²) in [6, 6.07) is 18.7. The van der Waals surface area contributed by atoms with E-state index in [1.54, 1.807) is 18.2 Å². The zero-order valence-corrected chi connectivity index (χ0v) is 19.4. The van der Waals surface area contributed by atoms with Gasteiger partial charge in [0.15, 0.2) is 5.16 Å². The van der Waals surface area contributed by atoms with Gasteiger partial charge in [0.1, 0.15) is 5.82 Å². The number of carbonyl (C=O) groups is 1. The Morgan fingerprint density at radius 3 is 2.52 bits per heavy atom. The molecule has 168 valence electrons. The Morgan fingerprint density at radius 1 is 1.06 bits per heavy atom. The summed E-state index contributed by atoms with van der Waals surface area (Å²) in [5.41, 5.74) is 4.18. The van der Waals surface area contributed by atoms with Crippen LogP contribution >= 0.6 is 11.8 Å². The zero-order valence-electron chi connectivity index (χ0n) is 18.6. The maximum Gasteiger partial charge on any atom is 0.266 e. The Bertz CT molecular complexity index is 1380. The first kappa shape index (κ1) is 22.7. The molecule has 1 heterocycles. The summed E-state index contributed by atoms with van der Waals surface area (Å²) in [6.07, 6.45) is 0. The molecule has 0 saturated heterocycles. The number of benzene rings is 3. The number of hydrogen-bond donors (Lipinski definition) is 1. The van der Waals surface area contributed by atoms with Crippen molar-refractivity contribution in [3.63, 3.8) is 0 Å². The summed E-state index contributed by atoms with van der Waals surface area (Å²) in [5.74, 6) is -0.477. The number of nitrogens with zero attached hydrogens (tertiary/aromatic N) is 2. The van der Waals surface area contributed by atoms with Crippen molar-refractivity contribution in [1.82, 2.24) is 14.9 Å². The quantitative estimate of drug-likeness (QED) is 0.320. The van der Waals surface area contributed by atoms with Crippen LogP contribution in [-0.4, -0.2) is 21.2 Å². The van der Waals surface area contributed by atoms with Crippen molar-refractivity contribution in [2.45, 2.75) is 32.0 Å². The number of thioether (sulfide) groups is 1. The fourth-order valence-corrected chi connectivity index (χ4v) is 4.38. The predicted molar refractivity (Wildman–Crippen MR) is 130 cm³/mol. The average Bonchev–Trinajstić information content (AvgIpc) is 2.80. The second-order valence-electron chi connectivity index (χ2n) is 7.95. The standard InChI is InChI=1S/C26H24FN3O2S/c1-16-8-9-19(14-17(16)2)18(3)28-24(31)15-33-26-29-23-7-5-4-6-22(23)25(32)30(26)21-12-10-20(27)11-13-21/h4-14,18H,15H2,1-3H3,(H,28,31). The summed E-state index contributed by atoms with van der Waals surface area (Å²) < 4.78 is 14.9. The van der Waals surface area contributed by atoms with Gasteiger partial charge in [-0.3, -0.25) is 14.2 Å². The molecule has 0 aliphatic carbocycles. The van der Waals surface area contributed by atoms with Crippen LogP contribution in [0.25, 0.3) is 16.6 Å². The number of fused-ring (bicyclic) bond motifs is 1. The number of amides is 1. The Balaban J connectivity index is 1.59. The summed E-state index contributed by atoms with van der Waals surface area (Å²) in [7, 11) is 0. The first-order valence-corrected chi connectivity index (χ1v) is 11.6. The normalized spacial score (nSPS) is 12.0. The third-order valence-corrected chi connectivity index (χ3v) is 6.51. The third-order valence-electron chi connectivity index (χ3n) is 5.57. The molecule has 1 atom stereocenters. The first-order chi connectivity index (χ1) is 15.8. The van der Waals surface area contributed by atoms with Gasteiger partial charge in [-0.1, -0.05) is 42.1 Å². The van der Waals surface area contributed by atoms with Crippen LogP contribution in [0.2, 0.25) is 0 Å². The second kappa shape index (κ2) is 9.58. The number of halogens is 1. The maximum absolute atomic E-state index is 13.5. The van der Waals surface area contributed by atoms with Crippen molar-refractivity contribution in [1.29, 1.82) is 0 Å². The highest BCUT2D eigenvalue weighted by atomic mass is 32.2. The molecule has 3 aromatic carbocycles. The van der Waals surface area contributed by atoms with Crippen molar-refractivity contribution >= 4 is 28.6 Å². The Hall–Kier alpha value is -3.45. The van der Waals surface area contributed by atoms with E-state index in [1.807, 2.05) is 32.0 Å². The van der Waals surface area contributed by atoms with Gasteiger partial charge in [0, 0.05) is 0 Å². The number of aryl methyl sites for hydroxylation is 2. The number of para-hydroxylation sites is 1. The van der Waals surface area contributed by atoms with Crippen LogP contribution in [0.1, 0.15) is 29.7 Å². The van der Waals surface area contributed by atoms with Crippen LogP contribution in [0, 0.1) is 19.7 Å². The zero-order chi connectivity index (χ0) is 23.5. The van der Waals surface area contributed by atoms with E-state index in [1.165, 1.54) is 51.7 Å². The second-order valence-corrected chi connectivity index (χ2v) is 8.89. The number of rotatable bonds is 6. The van der Waals surface area contributed by atoms with E-state index in [-0.39, 0.29) is 23.3 Å². The fraction of sp³-hybridized carbons (Fsp3) is 0.192. The van der Waals surface area contributed by atoms with Crippen LogP contribution in [0.3, 0.4) is 0 Å². The minimum absolute atomic E-state index is 0.0845. The van der Waals surface area contributed by atoms with Crippen molar-refractivity contribution < 1.29 is 9.18 Å². The van der Waals surface area contributed by atoms with Crippen LogP contribution in [0.15, 0.2) is 76.7 Å². The average molecular weight is 462 g/mol. The van der Waals surface area contributed by atoms with Gasteiger partial charge in [0.05, 0.1) is 28.4 Å². The van der Waals surface area contributed by atoms with Gasteiger partial charge in [0.2, 0.25) is 5.91 Å². The predicted octanol–water partition coefficient (Wildman–Crippen LogP) is 5.11.